The average Bonchev–Trinajstić information content (AvgIpc) is 1.99. The predicted molar refractivity (Wildman–Crippen MR) is 31.5 cm³/mol. The number of ether oxygens (including phenoxy) is 1. The molecule has 6 heteroatoms. The van der Waals surface area contributed by atoms with Crippen molar-refractivity contribution in [3.05, 3.63) is 0 Å². The first-order valence-corrected chi connectivity index (χ1v) is 3.13. The Kier molecular flexibility index (Phi) is 2.77. The highest BCUT2D eigenvalue weighted by atomic mass is 17.1. The van der Waals surface area contributed by atoms with Crippen molar-refractivity contribution in [1.82, 2.24) is 0 Å². The molecule has 11 heavy (non-hydrogen) atoms. The van der Waals surface area contributed by atoms with E-state index in [0.29, 0.717) is 0 Å². The van der Waals surface area contributed by atoms with E-state index in [4.69, 9.17) is 20.6 Å². The van der Waals surface area contributed by atoms with Gasteiger partial charge in [-0.2, -0.15) is 0 Å². The summed E-state index contributed by atoms with van der Waals surface area (Å²) in [5.74, 6) is 0. The lowest BCUT2D eigenvalue weighted by Crippen LogP contribution is -2.53. The zero-order chi connectivity index (χ0) is 8.43. The first-order valence-electron chi connectivity index (χ1n) is 3.13. The number of aliphatic hydroxyl groups is 3. The highest BCUT2D eigenvalue weighted by Gasteiger charge is 2.39. The van der Waals surface area contributed by atoms with Crippen molar-refractivity contribution in [2.45, 2.75) is 24.6 Å². The Bertz CT molecular complexity index is 128. The van der Waals surface area contributed by atoms with Crippen LogP contribution in [-0.2, 0) is 9.62 Å². The Labute approximate surface area is 62.5 Å². The van der Waals surface area contributed by atoms with Crippen LogP contribution in [-0.4, -0.2) is 51.8 Å². The van der Waals surface area contributed by atoms with E-state index in [0.717, 1.165) is 0 Å². The standard InChI is InChI=1S/C5H10O6/c6-2-1-10-5(8)3(7)4(2)11-9/h2-9H,1H2/t2-,3-,4+,5-/m1/s1. The van der Waals surface area contributed by atoms with Crippen LogP contribution in [0.4, 0.5) is 0 Å². The van der Waals surface area contributed by atoms with Crippen molar-refractivity contribution < 1.29 is 30.2 Å². The predicted octanol–water partition coefficient (Wildman–Crippen LogP) is -2.08. The maximum absolute atomic E-state index is 8.99. The molecule has 1 fully saturated rings. The summed E-state index contributed by atoms with van der Waals surface area (Å²) >= 11 is 0. The summed E-state index contributed by atoms with van der Waals surface area (Å²) in [4.78, 5) is 3.75. The molecule has 0 saturated carbocycles. The van der Waals surface area contributed by atoms with Crippen LogP contribution in [0, 0.1) is 0 Å². The lowest BCUT2D eigenvalue weighted by Gasteiger charge is -2.32. The van der Waals surface area contributed by atoms with Crippen LogP contribution in [0.3, 0.4) is 0 Å². The van der Waals surface area contributed by atoms with Crippen LogP contribution in [0.1, 0.15) is 0 Å². The normalized spacial score (nSPS) is 45.8. The number of rotatable bonds is 1. The number of hydrogen-bond acceptors (Lipinski definition) is 6. The van der Waals surface area contributed by atoms with Crippen molar-refractivity contribution in [2.75, 3.05) is 6.61 Å². The molecule has 0 spiro atoms. The van der Waals surface area contributed by atoms with E-state index in [1.807, 2.05) is 0 Å². The van der Waals surface area contributed by atoms with E-state index in [-0.39, 0.29) is 6.61 Å². The SMILES string of the molecule is OO[C@@H]1[C@@H](O)[C@H](O)OC[C@H]1O. The largest absolute Gasteiger partial charge is 0.388 e. The van der Waals surface area contributed by atoms with E-state index in [9.17, 15) is 0 Å². The Morgan fingerprint density at radius 3 is 2.36 bits per heavy atom. The molecule has 1 heterocycles. The first-order chi connectivity index (χ1) is 5.16. The topological polar surface area (TPSA) is 99.4 Å². The van der Waals surface area contributed by atoms with Crippen LogP contribution in [0.25, 0.3) is 0 Å². The molecule has 1 saturated heterocycles. The van der Waals surface area contributed by atoms with Crippen LogP contribution < -0.4 is 0 Å². The molecule has 0 unspecified atom stereocenters. The fourth-order valence-corrected chi connectivity index (χ4v) is 0.913. The zero-order valence-electron chi connectivity index (χ0n) is 5.62. The average molecular weight is 166 g/mol. The second kappa shape index (κ2) is 3.44. The van der Waals surface area contributed by atoms with Gasteiger partial charge in [0.2, 0.25) is 0 Å². The Balaban J connectivity index is 2.55. The summed E-state index contributed by atoms with van der Waals surface area (Å²) in [6.07, 6.45) is -5.18. The van der Waals surface area contributed by atoms with Crippen molar-refractivity contribution in [2.24, 2.45) is 0 Å². The second-order valence-corrected chi connectivity index (χ2v) is 2.35. The number of hydrogen-bond donors (Lipinski definition) is 4. The van der Waals surface area contributed by atoms with Gasteiger partial charge in [-0.05, 0) is 0 Å². The van der Waals surface area contributed by atoms with E-state index in [2.05, 4.69) is 9.62 Å². The van der Waals surface area contributed by atoms with E-state index in [1.165, 1.54) is 0 Å². The van der Waals surface area contributed by atoms with Gasteiger partial charge in [0.15, 0.2) is 12.4 Å². The van der Waals surface area contributed by atoms with Gasteiger partial charge in [-0.1, -0.05) is 0 Å². The van der Waals surface area contributed by atoms with Gasteiger partial charge in [0.25, 0.3) is 0 Å². The summed E-state index contributed by atoms with van der Waals surface area (Å²) in [5, 5.41) is 34.9. The maximum atomic E-state index is 8.99. The molecule has 0 aromatic rings. The Hall–Kier alpha value is -0.240. The summed E-state index contributed by atoms with van der Waals surface area (Å²) in [6, 6.07) is 0. The molecule has 0 bridgehead atoms. The number of aliphatic hydroxyl groups excluding tert-OH is 3. The molecule has 1 rings (SSSR count). The minimum Gasteiger partial charge on any atom is -0.388 e. The fourth-order valence-electron chi connectivity index (χ4n) is 0.913. The maximum Gasteiger partial charge on any atom is 0.183 e. The molecule has 4 atom stereocenters. The molecule has 1 aliphatic rings. The van der Waals surface area contributed by atoms with Crippen molar-refractivity contribution in [3.63, 3.8) is 0 Å². The van der Waals surface area contributed by atoms with Crippen LogP contribution in [0.5, 0.6) is 0 Å². The molecule has 6 nitrogen and oxygen atoms in total. The van der Waals surface area contributed by atoms with E-state index >= 15 is 0 Å². The molecule has 0 amide bonds. The van der Waals surface area contributed by atoms with Gasteiger partial charge < -0.3 is 20.1 Å². The third-order valence-corrected chi connectivity index (χ3v) is 1.57. The van der Waals surface area contributed by atoms with Crippen LogP contribution in [0.2, 0.25) is 0 Å². The van der Waals surface area contributed by atoms with Crippen LogP contribution in [0.15, 0.2) is 0 Å². The van der Waals surface area contributed by atoms with Gasteiger partial charge in [-0.25, -0.2) is 4.89 Å². The fraction of sp³-hybridized carbons (Fsp3) is 1.00. The minimum absolute atomic E-state index is 0.177. The second-order valence-electron chi connectivity index (χ2n) is 2.35. The van der Waals surface area contributed by atoms with Crippen LogP contribution >= 0.6 is 0 Å². The monoisotopic (exact) mass is 166 g/mol. The highest BCUT2D eigenvalue weighted by Crippen LogP contribution is 2.15. The van der Waals surface area contributed by atoms with Crippen molar-refractivity contribution in [3.8, 4) is 0 Å². The third-order valence-electron chi connectivity index (χ3n) is 1.57. The quantitative estimate of drug-likeness (QED) is 0.263. The summed E-state index contributed by atoms with van der Waals surface area (Å²) in [6.45, 7) is -0.177. The van der Waals surface area contributed by atoms with Gasteiger partial charge in [-0.3, -0.25) is 5.26 Å². The summed E-state index contributed by atoms with van der Waals surface area (Å²) in [7, 11) is 0. The molecule has 0 aromatic heterocycles. The molecule has 0 aliphatic carbocycles. The van der Waals surface area contributed by atoms with Gasteiger partial charge in [0.1, 0.15) is 12.2 Å². The first kappa shape index (κ1) is 8.85. The van der Waals surface area contributed by atoms with Gasteiger partial charge in [0, 0.05) is 0 Å². The van der Waals surface area contributed by atoms with Gasteiger partial charge in [-0.15, -0.1) is 0 Å². The molecular weight excluding hydrogens is 156 g/mol. The Morgan fingerprint density at radius 1 is 1.27 bits per heavy atom. The van der Waals surface area contributed by atoms with E-state index < -0.39 is 24.6 Å². The molecule has 0 radical (unpaired) electrons. The molecule has 66 valence electrons. The van der Waals surface area contributed by atoms with Crippen molar-refractivity contribution in [1.29, 1.82) is 0 Å². The van der Waals surface area contributed by atoms with Gasteiger partial charge in [0.05, 0.1) is 6.61 Å². The minimum atomic E-state index is -1.43. The Morgan fingerprint density at radius 2 is 1.91 bits per heavy atom. The zero-order valence-corrected chi connectivity index (χ0v) is 5.62. The molecule has 1 aliphatic heterocycles. The van der Waals surface area contributed by atoms with Gasteiger partial charge >= 0.3 is 0 Å². The van der Waals surface area contributed by atoms with Crippen molar-refractivity contribution >= 4 is 0 Å². The van der Waals surface area contributed by atoms with E-state index in [1.54, 1.807) is 0 Å². The highest BCUT2D eigenvalue weighted by molar-refractivity contribution is 4.82. The lowest BCUT2D eigenvalue weighted by molar-refractivity contribution is -0.357. The smallest absolute Gasteiger partial charge is 0.183 e. The molecular formula is C5H10O6. The lowest BCUT2D eigenvalue weighted by atomic mass is 10.1. The third kappa shape index (κ3) is 1.67. The molecule has 0 aromatic carbocycles. The summed E-state index contributed by atoms with van der Waals surface area (Å²) < 4.78 is 4.50. The molecule has 4 N–H and O–H groups in total. The summed E-state index contributed by atoms with van der Waals surface area (Å²) in [5.41, 5.74) is 0.